The van der Waals surface area contributed by atoms with Crippen LogP contribution in [0.4, 0.5) is 5.69 Å². The van der Waals surface area contributed by atoms with Crippen LogP contribution in [0.5, 0.6) is 0 Å². The van der Waals surface area contributed by atoms with Gasteiger partial charge < -0.3 is 10.1 Å². The van der Waals surface area contributed by atoms with Crippen molar-refractivity contribution in [1.29, 1.82) is 0 Å². The number of benzene rings is 1. The fourth-order valence-corrected chi connectivity index (χ4v) is 2.23. The first-order valence-electron chi connectivity index (χ1n) is 6.17. The first-order valence-corrected chi connectivity index (χ1v) is 6.96. The van der Waals surface area contributed by atoms with Gasteiger partial charge in [0.2, 0.25) is 0 Å². The third-order valence-electron chi connectivity index (χ3n) is 2.72. The Morgan fingerprint density at radius 2 is 2.33 bits per heavy atom. The Balaban J connectivity index is 2.08. The summed E-state index contributed by atoms with van der Waals surface area (Å²) in [7, 11) is 1.64. The van der Waals surface area contributed by atoms with Gasteiger partial charge in [-0.15, -0.1) is 5.10 Å². The zero-order valence-corrected chi connectivity index (χ0v) is 12.9. The summed E-state index contributed by atoms with van der Waals surface area (Å²) in [4.78, 5) is 10.3. The monoisotopic (exact) mass is 355 g/mol. The minimum absolute atomic E-state index is 0.0206. The van der Waals surface area contributed by atoms with Crippen LogP contribution in [0.15, 0.2) is 28.9 Å². The number of nitrogens with one attached hydrogen (secondary N) is 1. The average Bonchev–Trinajstić information content (AvgIpc) is 2.92. The first kappa shape index (κ1) is 15.5. The van der Waals surface area contributed by atoms with Crippen molar-refractivity contribution in [2.45, 2.75) is 6.54 Å². The lowest BCUT2D eigenvalue weighted by atomic mass is 10.3. The molecule has 1 aromatic heterocycles. The molecule has 112 valence electrons. The number of aromatic nitrogens is 3. The van der Waals surface area contributed by atoms with Gasteiger partial charge in [0.25, 0.3) is 5.69 Å². The summed E-state index contributed by atoms with van der Waals surface area (Å²) in [6, 6.07) is 4.49. The van der Waals surface area contributed by atoms with E-state index < -0.39 is 4.92 Å². The molecule has 0 fully saturated rings. The largest absolute Gasteiger partial charge is 0.383 e. The summed E-state index contributed by atoms with van der Waals surface area (Å²) < 4.78 is 7.09. The minimum atomic E-state index is -0.443. The van der Waals surface area contributed by atoms with Crippen LogP contribution in [0.2, 0.25) is 0 Å². The molecule has 0 amide bonds. The van der Waals surface area contributed by atoms with Crippen molar-refractivity contribution >= 4 is 21.6 Å². The second-order valence-corrected chi connectivity index (χ2v) is 5.07. The molecule has 0 saturated carbocycles. The first-order chi connectivity index (χ1) is 10.1. The number of nitrogens with zero attached hydrogens (tertiary/aromatic N) is 4. The predicted molar refractivity (Wildman–Crippen MR) is 79.3 cm³/mol. The maximum absolute atomic E-state index is 10.7. The lowest BCUT2D eigenvalue weighted by Gasteiger charge is -2.03. The number of hydrogen-bond donors (Lipinski definition) is 1. The molecule has 0 aliphatic rings. The summed E-state index contributed by atoms with van der Waals surface area (Å²) in [6.07, 6.45) is 1.77. The Morgan fingerprint density at radius 1 is 1.52 bits per heavy atom. The van der Waals surface area contributed by atoms with E-state index in [1.54, 1.807) is 24.1 Å². The Labute approximate surface area is 129 Å². The molecule has 9 heteroatoms. The summed E-state index contributed by atoms with van der Waals surface area (Å²) in [5.74, 6) is 0. The molecule has 1 aromatic carbocycles. The van der Waals surface area contributed by atoms with Gasteiger partial charge in [0.1, 0.15) is 0 Å². The molecular weight excluding hydrogens is 342 g/mol. The van der Waals surface area contributed by atoms with Gasteiger partial charge in [-0.3, -0.25) is 10.1 Å². The number of methoxy groups -OCH3 is 1. The standard InChI is InChI=1S/C12H14BrN5O3/c1-21-5-4-14-7-9-8-17(16-15-9)12-3-2-10(18(19)20)6-11(12)13/h2-3,6,8,14H,4-5,7H2,1H3. The molecule has 0 aliphatic carbocycles. The highest BCUT2D eigenvalue weighted by Gasteiger charge is 2.11. The predicted octanol–water partition coefficient (Wildman–Crippen LogP) is 1.67. The molecule has 0 aliphatic heterocycles. The quantitative estimate of drug-likeness (QED) is 0.461. The van der Waals surface area contributed by atoms with Crippen molar-refractivity contribution in [3.8, 4) is 5.69 Å². The minimum Gasteiger partial charge on any atom is -0.383 e. The van der Waals surface area contributed by atoms with Gasteiger partial charge in [0, 0.05) is 32.3 Å². The Morgan fingerprint density at radius 3 is 3.00 bits per heavy atom. The maximum Gasteiger partial charge on any atom is 0.270 e. The van der Waals surface area contributed by atoms with Crippen LogP contribution < -0.4 is 5.32 Å². The van der Waals surface area contributed by atoms with Crippen LogP contribution in [0.1, 0.15) is 5.69 Å². The third kappa shape index (κ3) is 4.06. The van der Waals surface area contributed by atoms with Crippen LogP contribution in [0, 0.1) is 10.1 Å². The molecule has 1 heterocycles. The Hall–Kier alpha value is -1.84. The fourth-order valence-electron chi connectivity index (χ4n) is 1.68. The highest BCUT2D eigenvalue weighted by atomic mass is 79.9. The zero-order chi connectivity index (χ0) is 15.2. The molecule has 8 nitrogen and oxygen atoms in total. The van der Waals surface area contributed by atoms with Gasteiger partial charge in [-0.25, -0.2) is 4.68 Å². The van der Waals surface area contributed by atoms with Crippen LogP contribution in [0.25, 0.3) is 5.69 Å². The third-order valence-corrected chi connectivity index (χ3v) is 3.35. The molecule has 0 spiro atoms. The number of nitro benzene ring substituents is 1. The molecule has 0 radical (unpaired) electrons. The summed E-state index contributed by atoms with van der Waals surface area (Å²) in [5, 5.41) is 21.9. The fraction of sp³-hybridized carbons (Fsp3) is 0.333. The molecular formula is C12H14BrN5O3. The molecule has 1 N–H and O–H groups in total. The van der Waals surface area contributed by atoms with Crippen molar-refractivity contribution in [3.05, 3.63) is 44.7 Å². The Bertz CT molecular complexity index is 631. The average molecular weight is 356 g/mol. The van der Waals surface area contributed by atoms with E-state index in [4.69, 9.17) is 4.74 Å². The van der Waals surface area contributed by atoms with E-state index in [0.29, 0.717) is 23.3 Å². The molecule has 2 rings (SSSR count). The van der Waals surface area contributed by atoms with E-state index in [1.165, 1.54) is 12.1 Å². The molecule has 0 saturated heterocycles. The van der Waals surface area contributed by atoms with Gasteiger partial charge in [-0.1, -0.05) is 5.21 Å². The van der Waals surface area contributed by atoms with E-state index in [-0.39, 0.29) is 5.69 Å². The van der Waals surface area contributed by atoms with Crippen molar-refractivity contribution in [1.82, 2.24) is 20.3 Å². The SMILES string of the molecule is COCCNCc1cn(-c2ccc([N+](=O)[O-])cc2Br)nn1. The van der Waals surface area contributed by atoms with E-state index in [1.807, 2.05) is 0 Å². The summed E-state index contributed by atoms with van der Waals surface area (Å²) in [5.41, 5.74) is 1.49. The number of non-ortho nitro benzene ring substituents is 1. The van der Waals surface area contributed by atoms with Crippen LogP contribution in [-0.4, -0.2) is 40.2 Å². The van der Waals surface area contributed by atoms with Gasteiger partial charge in [-0.05, 0) is 22.0 Å². The van der Waals surface area contributed by atoms with Crippen molar-refractivity contribution < 1.29 is 9.66 Å². The highest BCUT2D eigenvalue weighted by molar-refractivity contribution is 9.10. The second kappa shape index (κ2) is 7.25. The zero-order valence-electron chi connectivity index (χ0n) is 11.3. The number of rotatable bonds is 7. The molecule has 0 unspecified atom stereocenters. The molecule has 0 bridgehead atoms. The lowest BCUT2D eigenvalue weighted by molar-refractivity contribution is -0.384. The highest BCUT2D eigenvalue weighted by Crippen LogP contribution is 2.25. The number of hydrogen-bond acceptors (Lipinski definition) is 6. The van der Waals surface area contributed by atoms with E-state index in [0.717, 1.165) is 12.2 Å². The molecule has 21 heavy (non-hydrogen) atoms. The van der Waals surface area contributed by atoms with Gasteiger partial charge in [0.15, 0.2) is 0 Å². The second-order valence-electron chi connectivity index (χ2n) is 4.22. The normalized spacial score (nSPS) is 10.8. The van der Waals surface area contributed by atoms with E-state index >= 15 is 0 Å². The van der Waals surface area contributed by atoms with Crippen molar-refractivity contribution in [3.63, 3.8) is 0 Å². The topological polar surface area (TPSA) is 95.1 Å². The van der Waals surface area contributed by atoms with Crippen LogP contribution in [-0.2, 0) is 11.3 Å². The van der Waals surface area contributed by atoms with Gasteiger partial charge in [-0.2, -0.15) is 0 Å². The number of halogens is 1. The molecule has 0 atom stereocenters. The van der Waals surface area contributed by atoms with Crippen molar-refractivity contribution in [2.75, 3.05) is 20.3 Å². The smallest absolute Gasteiger partial charge is 0.270 e. The summed E-state index contributed by atoms with van der Waals surface area (Å²) >= 11 is 3.31. The van der Waals surface area contributed by atoms with Crippen LogP contribution in [0.3, 0.4) is 0 Å². The molecule has 2 aromatic rings. The number of nitro groups is 1. The van der Waals surface area contributed by atoms with Crippen molar-refractivity contribution in [2.24, 2.45) is 0 Å². The maximum atomic E-state index is 10.7. The van der Waals surface area contributed by atoms with E-state index in [9.17, 15) is 10.1 Å². The Kier molecular flexibility index (Phi) is 5.37. The van der Waals surface area contributed by atoms with Gasteiger partial charge in [0.05, 0.1) is 33.6 Å². The summed E-state index contributed by atoms with van der Waals surface area (Å²) in [6.45, 7) is 1.93. The van der Waals surface area contributed by atoms with Gasteiger partial charge >= 0.3 is 0 Å². The van der Waals surface area contributed by atoms with Crippen LogP contribution >= 0.6 is 15.9 Å². The lowest BCUT2D eigenvalue weighted by Crippen LogP contribution is -2.18. The number of ether oxygens (including phenoxy) is 1. The van der Waals surface area contributed by atoms with E-state index in [2.05, 4.69) is 31.6 Å².